The highest BCUT2D eigenvalue weighted by molar-refractivity contribution is 6.20. The Morgan fingerprint density at radius 1 is 1.09 bits per heavy atom. The minimum atomic E-state index is -0.989. The maximum atomic E-state index is 13.7. The molecule has 1 N–H and O–H groups in total. The van der Waals surface area contributed by atoms with Gasteiger partial charge in [0.05, 0.1) is 19.3 Å². The molecule has 178 valence electrons. The predicted molar refractivity (Wildman–Crippen MR) is 128 cm³/mol. The van der Waals surface area contributed by atoms with Gasteiger partial charge in [-0.1, -0.05) is 12.1 Å². The topological polar surface area (TPSA) is 102 Å². The zero-order valence-corrected chi connectivity index (χ0v) is 19.4. The number of hydrogen-bond donors (Lipinski definition) is 1. The first-order valence-corrected chi connectivity index (χ1v) is 11.1. The van der Waals surface area contributed by atoms with E-state index in [1.165, 1.54) is 12.0 Å². The van der Waals surface area contributed by atoms with E-state index in [1.54, 1.807) is 67.6 Å². The normalized spacial score (nSPS) is 15.8. The van der Waals surface area contributed by atoms with Crippen molar-refractivity contribution in [3.8, 4) is 11.5 Å². The van der Waals surface area contributed by atoms with E-state index in [9.17, 15) is 14.7 Å². The van der Waals surface area contributed by atoms with Gasteiger partial charge >= 0.3 is 0 Å². The first-order chi connectivity index (χ1) is 16.9. The molecule has 0 saturated heterocycles. The number of aliphatic hydroxyl groups is 1. The molecule has 0 bridgehead atoms. The molecule has 1 unspecified atom stereocenters. The number of Topliss-reactive ketones (excluding diaryl/α,β-unsaturated/α-hetero) is 1. The van der Waals surface area contributed by atoms with Crippen LogP contribution >= 0.6 is 0 Å². The highest BCUT2D eigenvalue weighted by atomic mass is 16.5. The number of aliphatic hydroxyl groups excluding tert-OH is 1. The van der Waals surface area contributed by atoms with Gasteiger partial charge in [-0.05, 0) is 62.4 Å². The summed E-state index contributed by atoms with van der Waals surface area (Å²) in [5.74, 6) is 0.0222. The second-order valence-corrected chi connectivity index (χ2v) is 8.03. The smallest absolute Gasteiger partial charge is 0.294 e. The highest BCUT2D eigenvalue weighted by Gasteiger charge is 2.47. The van der Waals surface area contributed by atoms with Gasteiger partial charge in [0.2, 0.25) is 5.78 Å². The number of benzene rings is 2. The first kappa shape index (κ1) is 22.3. The molecule has 0 spiro atoms. The Hall–Kier alpha value is -4.46. The SMILES string of the molecule is CCOc1ccc(N2C(=O)C(O)=C(C(=O)c3cc4cccc(OC)c4o3)C2c2ccc(C)o2)cc1. The van der Waals surface area contributed by atoms with Crippen LogP contribution in [0.3, 0.4) is 0 Å². The number of nitrogens with zero attached hydrogens (tertiary/aromatic N) is 1. The van der Waals surface area contributed by atoms with Crippen molar-refractivity contribution in [2.24, 2.45) is 0 Å². The van der Waals surface area contributed by atoms with Crippen LogP contribution < -0.4 is 14.4 Å². The van der Waals surface area contributed by atoms with E-state index < -0.39 is 23.5 Å². The summed E-state index contributed by atoms with van der Waals surface area (Å²) >= 11 is 0. The summed E-state index contributed by atoms with van der Waals surface area (Å²) in [5, 5.41) is 11.6. The fraction of sp³-hybridized carbons (Fsp3) is 0.185. The number of ether oxygens (including phenoxy) is 2. The van der Waals surface area contributed by atoms with Crippen LogP contribution in [0.15, 0.2) is 80.8 Å². The van der Waals surface area contributed by atoms with Gasteiger partial charge in [-0.3, -0.25) is 14.5 Å². The van der Waals surface area contributed by atoms with Crippen LogP contribution in [-0.4, -0.2) is 30.5 Å². The molecule has 1 amide bonds. The number of aryl methyl sites for hydroxylation is 1. The van der Waals surface area contributed by atoms with Crippen molar-refractivity contribution >= 4 is 28.3 Å². The van der Waals surface area contributed by atoms with Gasteiger partial charge in [0.25, 0.3) is 5.91 Å². The van der Waals surface area contributed by atoms with Gasteiger partial charge in [0.15, 0.2) is 22.9 Å². The fourth-order valence-corrected chi connectivity index (χ4v) is 4.28. The number of para-hydroxylation sites is 1. The summed E-state index contributed by atoms with van der Waals surface area (Å²) in [6, 6.07) is 16.1. The molecule has 8 nitrogen and oxygen atoms in total. The second-order valence-electron chi connectivity index (χ2n) is 8.03. The molecule has 1 aliphatic heterocycles. The Morgan fingerprint density at radius 3 is 2.51 bits per heavy atom. The molecule has 0 aliphatic carbocycles. The van der Waals surface area contributed by atoms with Crippen LogP contribution in [0.4, 0.5) is 5.69 Å². The second kappa shape index (κ2) is 8.72. The number of amides is 1. The van der Waals surface area contributed by atoms with E-state index in [-0.39, 0.29) is 11.3 Å². The van der Waals surface area contributed by atoms with Crippen LogP contribution in [0.1, 0.15) is 35.0 Å². The lowest BCUT2D eigenvalue weighted by atomic mass is 9.99. The van der Waals surface area contributed by atoms with Crippen LogP contribution in [0, 0.1) is 6.92 Å². The lowest BCUT2D eigenvalue weighted by Gasteiger charge is -2.25. The number of carbonyl (C=O) groups is 2. The van der Waals surface area contributed by atoms with Crippen molar-refractivity contribution in [1.82, 2.24) is 0 Å². The molecule has 2 aromatic carbocycles. The van der Waals surface area contributed by atoms with Crippen molar-refractivity contribution < 1.29 is 33.0 Å². The number of carbonyl (C=O) groups excluding carboxylic acids is 2. The van der Waals surface area contributed by atoms with Gasteiger partial charge in [0, 0.05) is 11.1 Å². The van der Waals surface area contributed by atoms with Crippen LogP contribution in [0.5, 0.6) is 11.5 Å². The summed E-state index contributed by atoms with van der Waals surface area (Å²) in [5.41, 5.74) is 0.742. The Kier molecular flexibility index (Phi) is 5.56. The lowest BCUT2D eigenvalue weighted by Crippen LogP contribution is -2.30. The van der Waals surface area contributed by atoms with E-state index in [4.69, 9.17) is 18.3 Å². The average molecular weight is 473 g/mol. The Morgan fingerprint density at radius 2 is 1.86 bits per heavy atom. The van der Waals surface area contributed by atoms with Crippen molar-refractivity contribution in [1.29, 1.82) is 0 Å². The molecule has 5 rings (SSSR count). The molecule has 4 aromatic rings. The van der Waals surface area contributed by atoms with E-state index in [1.807, 2.05) is 6.92 Å². The molecule has 0 radical (unpaired) electrons. The lowest BCUT2D eigenvalue weighted by molar-refractivity contribution is -0.117. The van der Waals surface area contributed by atoms with Crippen molar-refractivity contribution in [3.05, 3.63) is 89.3 Å². The number of methoxy groups -OCH3 is 1. The molecule has 0 fully saturated rings. The summed E-state index contributed by atoms with van der Waals surface area (Å²) in [6.07, 6.45) is 0. The number of anilines is 1. The van der Waals surface area contributed by atoms with Gasteiger partial charge in [0.1, 0.15) is 23.3 Å². The van der Waals surface area contributed by atoms with Crippen LogP contribution in [0.25, 0.3) is 11.0 Å². The first-order valence-electron chi connectivity index (χ1n) is 11.1. The van der Waals surface area contributed by atoms with Crippen LogP contribution in [0.2, 0.25) is 0 Å². The average Bonchev–Trinajstić information content (AvgIpc) is 3.56. The number of hydrogen-bond acceptors (Lipinski definition) is 7. The number of furan rings is 2. The maximum Gasteiger partial charge on any atom is 0.294 e. The third kappa shape index (κ3) is 3.73. The van der Waals surface area contributed by atoms with E-state index >= 15 is 0 Å². The number of rotatable bonds is 7. The molecule has 35 heavy (non-hydrogen) atoms. The summed E-state index contributed by atoms with van der Waals surface area (Å²) in [6.45, 7) is 4.14. The van der Waals surface area contributed by atoms with Gasteiger partial charge in [-0.15, -0.1) is 0 Å². The van der Waals surface area contributed by atoms with Crippen molar-refractivity contribution in [2.45, 2.75) is 19.9 Å². The fourth-order valence-electron chi connectivity index (χ4n) is 4.28. The minimum absolute atomic E-state index is 0.0272. The predicted octanol–water partition coefficient (Wildman–Crippen LogP) is 5.52. The van der Waals surface area contributed by atoms with E-state index in [2.05, 4.69) is 0 Å². The zero-order valence-electron chi connectivity index (χ0n) is 19.4. The molecule has 1 aliphatic rings. The molecular weight excluding hydrogens is 450 g/mol. The third-order valence-corrected chi connectivity index (χ3v) is 5.86. The van der Waals surface area contributed by atoms with Gasteiger partial charge < -0.3 is 23.4 Å². The third-order valence-electron chi connectivity index (χ3n) is 5.86. The molecule has 2 aromatic heterocycles. The summed E-state index contributed by atoms with van der Waals surface area (Å²) in [7, 11) is 1.51. The Labute approximate surface area is 201 Å². The quantitative estimate of drug-likeness (QED) is 0.352. The van der Waals surface area contributed by atoms with Crippen LogP contribution in [-0.2, 0) is 4.79 Å². The minimum Gasteiger partial charge on any atom is -0.503 e. The number of ketones is 1. The zero-order chi connectivity index (χ0) is 24.7. The standard InChI is InChI=1S/C27H23NO7/c1-4-33-18-11-9-17(10-12-18)28-23(19-13-8-15(2)34-19)22(25(30)27(28)31)24(29)21-14-16-6-5-7-20(32-3)26(16)35-21/h5-14,23,30H,4H2,1-3H3. The molecule has 0 saturated carbocycles. The van der Waals surface area contributed by atoms with Gasteiger partial charge in [-0.2, -0.15) is 0 Å². The van der Waals surface area contributed by atoms with Gasteiger partial charge in [-0.25, -0.2) is 0 Å². The maximum absolute atomic E-state index is 13.7. The molecule has 1 atom stereocenters. The monoisotopic (exact) mass is 473 g/mol. The largest absolute Gasteiger partial charge is 0.503 e. The Bertz CT molecular complexity index is 1460. The summed E-state index contributed by atoms with van der Waals surface area (Å²) in [4.78, 5) is 28.3. The van der Waals surface area contributed by atoms with Crippen molar-refractivity contribution in [3.63, 3.8) is 0 Å². The van der Waals surface area contributed by atoms with E-state index in [0.29, 0.717) is 46.3 Å². The number of fused-ring (bicyclic) bond motifs is 1. The Balaban J connectivity index is 1.61. The van der Waals surface area contributed by atoms with E-state index in [0.717, 1.165) is 0 Å². The highest BCUT2D eigenvalue weighted by Crippen LogP contribution is 2.43. The summed E-state index contributed by atoms with van der Waals surface area (Å²) < 4.78 is 22.5. The molecule has 3 heterocycles. The van der Waals surface area contributed by atoms with Crippen molar-refractivity contribution in [2.75, 3.05) is 18.6 Å². The molecular formula is C27H23NO7. The molecule has 8 heteroatoms.